The molecular formula is C9H9BrN2O2. The Balaban J connectivity index is 2.03. The molecule has 1 aliphatic rings. The van der Waals surface area contributed by atoms with Crippen LogP contribution in [0.2, 0.25) is 0 Å². The minimum atomic E-state index is -0.718. The molecule has 0 radical (unpaired) electrons. The number of pyridine rings is 1. The van der Waals surface area contributed by atoms with Crippen LogP contribution in [0.3, 0.4) is 0 Å². The number of carboxylic acid groups (broad SMARTS) is 1. The van der Waals surface area contributed by atoms with Gasteiger partial charge in [0, 0.05) is 23.8 Å². The predicted molar refractivity (Wildman–Crippen MR) is 55.3 cm³/mol. The third-order valence-corrected chi connectivity index (χ3v) is 2.72. The van der Waals surface area contributed by atoms with Crippen molar-refractivity contribution in [1.82, 2.24) is 4.98 Å². The van der Waals surface area contributed by atoms with Crippen molar-refractivity contribution in [2.75, 3.05) is 18.0 Å². The summed E-state index contributed by atoms with van der Waals surface area (Å²) in [6.45, 7) is 1.15. The van der Waals surface area contributed by atoms with E-state index in [0.717, 1.165) is 10.2 Å². The first-order chi connectivity index (χ1) is 6.66. The highest BCUT2D eigenvalue weighted by Gasteiger charge is 2.32. The lowest BCUT2D eigenvalue weighted by molar-refractivity contribution is -0.142. The lowest BCUT2D eigenvalue weighted by atomic mass is 10.0. The molecule has 0 spiro atoms. The van der Waals surface area contributed by atoms with Crippen LogP contribution >= 0.6 is 15.9 Å². The van der Waals surface area contributed by atoms with Crippen molar-refractivity contribution in [3.63, 3.8) is 0 Å². The molecule has 1 aliphatic heterocycles. The maximum absolute atomic E-state index is 10.6. The number of rotatable bonds is 2. The van der Waals surface area contributed by atoms with Gasteiger partial charge in [-0.25, -0.2) is 0 Å². The van der Waals surface area contributed by atoms with E-state index < -0.39 is 5.97 Å². The van der Waals surface area contributed by atoms with Crippen LogP contribution in [-0.4, -0.2) is 29.1 Å². The summed E-state index contributed by atoms with van der Waals surface area (Å²) in [5.74, 6) is -0.946. The molecule has 0 unspecified atom stereocenters. The fourth-order valence-corrected chi connectivity index (χ4v) is 1.77. The minimum absolute atomic E-state index is 0.228. The van der Waals surface area contributed by atoms with Crippen LogP contribution in [0.4, 0.5) is 5.69 Å². The lowest BCUT2D eigenvalue weighted by Gasteiger charge is -2.38. The van der Waals surface area contributed by atoms with Crippen LogP contribution in [0.1, 0.15) is 0 Å². The number of halogens is 1. The molecule has 1 N–H and O–H groups in total. The molecule has 0 amide bonds. The van der Waals surface area contributed by atoms with Crippen LogP contribution in [0, 0.1) is 5.92 Å². The van der Waals surface area contributed by atoms with Crippen LogP contribution in [-0.2, 0) is 4.79 Å². The van der Waals surface area contributed by atoms with E-state index in [-0.39, 0.29) is 5.92 Å². The highest BCUT2D eigenvalue weighted by Crippen LogP contribution is 2.25. The Bertz CT molecular complexity index is 364. The zero-order chi connectivity index (χ0) is 10.1. The van der Waals surface area contributed by atoms with Crippen molar-refractivity contribution < 1.29 is 9.90 Å². The summed E-state index contributed by atoms with van der Waals surface area (Å²) in [5, 5.41) is 8.70. The molecule has 4 nitrogen and oxygen atoms in total. The smallest absolute Gasteiger partial charge is 0.310 e. The summed E-state index contributed by atoms with van der Waals surface area (Å²) < 4.78 is 0.911. The third kappa shape index (κ3) is 1.72. The number of aliphatic carboxylic acids is 1. The topological polar surface area (TPSA) is 53.4 Å². The number of hydrogen-bond donors (Lipinski definition) is 1. The van der Waals surface area contributed by atoms with Crippen LogP contribution < -0.4 is 4.90 Å². The van der Waals surface area contributed by atoms with Gasteiger partial charge in [0.1, 0.15) is 0 Å². The number of hydrogen-bond acceptors (Lipinski definition) is 3. The summed E-state index contributed by atoms with van der Waals surface area (Å²) in [7, 11) is 0. The molecule has 5 heteroatoms. The fourth-order valence-electron chi connectivity index (χ4n) is 1.42. The van der Waals surface area contributed by atoms with Crippen LogP contribution in [0.15, 0.2) is 22.9 Å². The van der Waals surface area contributed by atoms with Gasteiger partial charge in [-0.15, -0.1) is 0 Å². The summed E-state index contributed by atoms with van der Waals surface area (Å²) >= 11 is 3.32. The van der Waals surface area contributed by atoms with Gasteiger partial charge in [0.25, 0.3) is 0 Å². The molecule has 14 heavy (non-hydrogen) atoms. The second-order valence-corrected chi connectivity index (χ2v) is 4.22. The van der Waals surface area contributed by atoms with Gasteiger partial charge < -0.3 is 10.0 Å². The van der Waals surface area contributed by atoms with Crippen molar-refractivity contribution in [3.05, 3.63) is 22.9 Å². The molecule has 1 aromatic heterocycles. The molecule has 0 atom stereocenters. The van der Waals surface area contributed by atoms with Crippen molar-refractivity contribution in [3.8, 4) is 0 Å². The maximum Gasteiger partial charge on any atom is 0.310 e. The number of carbonyl (C=O) groups is 1. The summed E-state index contributed by atoms with van der Waals surface area (Å²) in [6, 6.07) is 1.94. The second kappa shape index (κ2) is 3.57. The normalized spacial score (nSPS) is 16.5. The monoisotopic (exact) mass is 256 g/mol. The van der Waals surface area contributed by atoms with E-state index >= 15 is 0 Å². The number of nitrogens with zero attached hydrogens (tertiary/aromatic N) is 2. The maximum atomic E-state index is 10.6. The number of aromatic nitrogens is 1. The van der Waals surface area contributed by atoms with Gasteiger partial charge in [0.2, 0.25) is 0 Å². The molecule has 2 heterocycles. The largest absolute Gasteiger partial charge is 0.481 e. The Labute approximate surface area is 89.7 Å². The van der Waals surface area contributed by atoms with Crippen LogP contribution in [0.5, 0.6) is 0 Å². The first-order valence-electron chi connectivity index (χ1n) is 4.25. The average molecular weight is 257 g/mol. The summed E-state index contributed by atoms with van der Waals surface area (Å²) in [5.41, 5.74) is 0.969. The summed E-state index contributed by atoms with van der Waals surface area (Å²) in [4.78, 5) is 16.6. The Morgan fingerprint density at radius 3 is 2.86 bits per heavy atom. The average Bonchev–Trinajstić information content (AvgIpc) is 2.00. The number of carboxylic acids is 1. The van der Waals surface area contributed by atoms with Crippen molar-refractivity contribution in [2.45, 2.75) is 0 Å². The molecule has 0 aromatic carbocycles. The van der Waals surface area contributed by atoms with E-state index in [2.05, 4.69) is 20.9 Å². The molecule has 1 fully saturated rings. The predicted octanol–water partition coefficient (Wildman–Crippen LogP) is 1.36. The van der Waals surface area contributed by atoms with Crippen LogP contribution in [0.25, 0.3) is 0 Å². The van der Waals surface area contributed by atoms with E-state index in [1.807, 2.05) is 11.0 Å². The lowest BCUT2D eigenvalue weighted by Crippen LogP contribution is -2.50. The first kappa shape index (κ1) is 9.45. The first-order valence-corrected chi connectivity index (χ1v) is 5.04. The van der Waals surface area contributed by atoms with Gasteiger partial charge in [-0.3, -0.25) is 9.78 Å². The third-order valence-electron chi connectivity index (χ3n) is 2.29. The fraction of sp³-hybridized carbons (Fsp3) is 0.333. The van der Waals surface area contributed by atoms with Crippen molar-refractivity contribution in [1.29, 1.82) is 0 Å². The summed E-state index contributed by atoms with van der Waals surface area (Å²) in [6.07, 6.45) is 3.45. The highest BCUT2D eigenvalue weighted by molar-refractivity contribution is 9.10. The van der Waals surface area contributed by atoms with E-state index in [4.69, 9.17) is 5.11 Å². The molecule has 2 rings (SSSR count). The van der Waals surface area contributed by atoms with Gasteiger partial charge in [-0.2, -0.15) is 0 Å². The van der Waals surface area contributed by atoms with Gasteiger partial charge in [0.05, 0.1) is 17.8 Å². The minimum Gasteiger partial charge on any atom is -0.481 e. The van der Waals surface area contributed by atoms with Crippen molar-refractivity contribution in [2.24, 2.45) is 5.92 Å². The molecule has 1 saturated heterocycles. The zero-order valence-corrected chi connectivity index (χ0v) is 8.94. The Morgan fingerprint density at radius 2 is 2.29 bits per heavy atom. The second-order valence-electron chi connectivity index (χ2n) is 3.30. The Kier molecular flexibility index (Phi) is 2.41. The zero-order valence-electron chi connectivity index (χ0n) is 7.35. The molecular weight excluding hydrogens is 248 g/mol. The molecule has 0 saturated carbocycles. The molecule has 0 bridgehead atoms. The molecule has 74 valence electrons. The molecule has 1 aromatic rings. The Hall–Kier alpha value is -1.10. The van der Waals surface area contributed by atoms with Crippen molar-refractivity contribution >= 4 is 27.6 Å². The van der Waals surface area contributed by atoms with Gasteiger partial charge in [-0.1, -0.05) is 0 Å². The quantitative estimate of drug-likeness (QED) is 0.869. The molecule has 0 aliphatic carbocycles. The SMILES string of the molecule is O=C(O)C1CN(c2cncc(Br)c2)C1. The standard InChI is InChI=1S/C9H9BrN2O2/c10-7-1-8(3-11-2-7)12-4-6(5-12)9(13)14/h1-3,6H,4-5H2,(H,13,14). The van der Waals surface area contributed by atoms with Gasteiger partial charge >= 0.3 is 5.97 Å². The van der Waals surface area contributed by atoms with Gasteiger partial charge in [-0.05, 0) is 22.0 Å². The van der Waals surface area contributed by atoms with E-state index in [9.17, 15) is 4.79 Å². The van der Waals surface area contributed by atoms with Gasteiger partial charge in [0.15, 0.2) is 0 Å². The van der Waals surface area contributed by atoms with E-state index in [1.165, 1.54) is 0 Å². The number of anilines is 1. The van der Waals surface area contributed by atoms with E-state index in [1.54, 1.807) is 12.4 Å². The van der Waals surface area contributed by atoms with E-state index in [0.29, 0.717) is 13.1 Å². The highest BCUT2D eigenvalue weighted by atomic mass is 79.9. The Morgan fingerprint density at radius 1 is 1.57 bits per heavy atom.